The number of hydrogen-bond donors (Lipinski definition) is 1. The Hall–Kier alpha value is -1.70. The van der Waals surface area contributed by atoms with Crippen LogP contribution in [0.2, 0.25) is 0 Å². The normalized spacial score (nSPS) is 11.6. The van der Waals surface area contributed by atoms with Crippen molar-refractivity contribution >= 4 is 15.9 Å². The molecular weight excluding hydrogens is 317 g/mol. The van der Waals surface area contributed by atoms with E-state index in [1.165, 1.54) is 29.1 Å². The Kier molecular flexibility index (Phi) is 3.20. The molecule has 0 aliphatic carbocycles. The van der Waals surface area contributed by atoms with Gasteiger partial charge in [-0.2, -0.15) is 0 Å². The van der Waals surface area contributed by atoms with Crippen LogP contribution in [-0.4, -0.2) is 15.9 Å². The van der Waals surface area contributed by atoms with E-state index in [9.17, 15) is 18.0 Å². The maximum Gasteiger partial charge on any atom is 0.573 e. The van der Waals surface area contributed by atoms with Crippen LogP contribution in [0, 0.1) is 0 Å². The van der Waals surface area contributed by atoms with Crippen molar-refractivity contribution in [1.29, 1.82) is 0 Å². The van der Waals surface area contributed by atoms with E-state index in [2.05, 4.69) is 25.7 Å². The first-order valence-corrected chi connectivity index (χ1v) is 5.48. The maximum atomic E-state index is 12.1. The summed E-state index contributed by atoms with van der Waals surface area (Å²) in [6.45, 7) is 0. The molecule has 8 heteroatoms. The van der Waals surface area contributed by atoms with Gasteiger partial charge in [-0.25, -0.2) is 4.79 Å². The first-order valence-electron chi connectivity index (χ1n) is 4.68. The van der Waals surface area contributed by atoms with Crippen LogP contribution in [0.1, 0.15) is 0 Å². The number of nitrogens with zero attached hydrogens (tertiary/aromatic N) is 1. The van der Waals surface area contributed by atoms with Gasteiger partial charge in [-0.05, 0) is 34.1 Å². The lowest BCUT2D eigenvalue weighted by Crippen LogP contribution is -2.18. The molecule has 2 rings (SSSR count). The number of benzene rings is 1. The van der Waals surface area contributed by atoms with Gasteiger partial charge in [0.15, 0.2) is 0 Å². The summed E-state index contributed by atoms with van der Waals surface area (Å²) >= 11 is 2.96. The third kappa shape index (κ3) is 2.76. The quantitative estimate of drug-likeness (QED) is 0.924. The van der Waals surface area contributed by atoms with Gasteiger partial charge in [0.25, 0.3) is 0 Å². The summed E-state index contributed by atoms with van der Waals surface area (Å²) in [6, 6.07) is 3.84. The highest BCUT2D eigenvalue weighted by Crippen LogP contribution is 2.31. The third-order valence-corrected chi connectivity index (χ3v) is 2.69. The SMILES string of the molecule is O=c1[nH]ccn1-c1ccc(OC(F)(F)F)c(Br)c1. The van der Waals surface area contributed by atoms with Crippen LogP contribution in [-0.2, 0) is 0 Å². The van der Waals surface area contributed by atoms with Crippen molar-refractivity contribution in [3.63, 3.8) is 0 Å². The van der Waals surface area contributed by atoms with Crippen LogP contribution in [0.15, 0.2) is 39.9 Å². The van der Waals surface area contributed by atoms with Crippen LogP contribution in [0.5, 0.6) is 5.75 Å². The fourth-order valence-corrected chi connectivity index (χ4v) is 1.82. The maximum absolute atomic E-state index is 12.1. The lowest BCUT2D eigenvalue weighted by atomic mass is 10.3. The number of rotatable bonds is 2. The van der Waals surface area contributed by atoms with Gasteiger partial charge in [0.05, 0.1) is 10.2 Å². The zero-order valence-corrected chi connectivity index (χ0v) is 10.2. The van der Waals surface area contributed by atoms with Gasteiger partial charge in [-0.15, -0.1) is 13.2 Å². The Morgan fingerprint density at radius 2 is 2.06 bits per heavy atom. The summed E-state index contributed by atoms with van der Waals surface area (Å²) in [4.78, 5) is 13.7. The van der Waals surface area contributed by atoms with Crippen molar-refractivity contribution in [2.75, 3.05) is 0 Å². The average molecular weight is 323 g/mol. The van der Waals surface area contributed by atoms with E-state index in [4.69, 9.17) is 0 Å². The van der Waals surface area contributed by atoms with Crippen molar-refractivity contribution < 1.29 is 17.9 Å². The molecule has 1 aromatic heterocycles. The Morgan fingerprint density at radius 1 is 1.33 bits per heavy atom. The van der Waals surface area contributed by atoms with E-state index in [-0.39, 0.29) is 15.9 Å². The smallest absolute Gasteiger partial charge is 0.405 e. The minimum Gasteiger partial charge on any atom is -0.405 e. The highest BCUT2D eigenvalue weighted by atomic mass is 79.9. The van der Waals surface area contributed by atoms with E-state index >= 15 is 0 Å². The second-order valence-corrected chi connectivity index (χ2v) is 4.15. The van der Waals surface area contributed by atoms with Crippen molar-refractivity contribution in [2.24, 2.45) is 0 Å². The molecule has 0 spiro atoms. The minimum atomic E-state index is -4.76. The van der Waals surface area contributed by atoms with Crippen molar-refractivity contribution in [3.8, 4) is 11.4 Å². The first-order chi connectivity index (χ1) is 8.37. The summed E-state index contributed by atoms with van der Waals surface area (Å²) < 4.78 is 41.3. The molecule has 0 bridgehead atoms. The summed E-state index contributed by atoms with van der Waals surface area (Å²) in [5, 5.41) is 0. The number of ether oxygens (including phenoxy) is 1. The minimum absolute atomic E-state index is 0.102. The average Bonchev–Trinajstić information content (AvgIpc) is 2.66. The monoisotopic (exact) mass is 322 g/mol. The van der Waals surface area contributed by atoms with Crippen LogP contribution in [0.4, 0.5) is 13.2 Å². The number of H-pyrrole nitrogens is 1. The molecular formula is C10H6BrF3N2O2. The first kappa shape index (κ1) is 12.7. The molecule has 0 aliphatic heterocycles. The van der Waals surface area contributed by atoms with E-state index in [0.29, 0.717) is 5.69 Å². The largest absolute Gasteiger partial charge is 0.573 e. The van der Waals surface area contributed by atoms with Gasteiger partial charge >= 0.3 is 12.1 Å². The van der Waals surface area contributed by atoms with Gasteiger partial charge in [-0.1, -0.05) is 0 Å². The number of imidazole rings is 1. The molecule has 4 nitrogen and oxygen atoms in total. The molecule has 0 atom stereocenters. The summed E-state index contributed by atoms with van der Waals surface area (Å²) in [7, 11) is 0. The predicted molar refractivity (Wildman–Crippen MR) is 60.8 cm³/mol. The number of aromatic amines is 1. The molecule has 1 N–H and O–H groups in total. The van der Waals surface area contributed by atoms with E-state index < -0.39 is 6.36 Å². The summed E-state index contributed by atoms with van der Waals surface area (Å²) in [6.07, 6.45) is -1.86. The van der Waals surface area contributed by atoms with Crippen LogP contribution < -0.4 is 10.4 Å². The molecule has 96 valence electrons. The molecule has 0 saturated heterocycles. The van der Waals surface area contributed by atoms with Crippen molar-refractivity contribution in [2.45, 2.75) is 6.36 Å². The number of aromatic nitrogens is 2. The lowest BCUT2D eigenvalue weighted by Gasteiger charge is -2.11. The molecule has 0 unspecified atom stereocenters. The molecule has 2 aromatic rings. The van der Waals surface area contributed by atoms with Gasteiger partial charge in [0.2, 0.25) is 0 Å². The third-order valence-electron chi connectivity index (χ3n) is 2.07. The van der Waals surface area contributed by atoms with E-state index in [1.54, 1.807) is 0 Å². The van der Waals surface area contributed by atoms with Gasteiger partial charge < -0.3 is 9.72 Å². The van der Waals surface area contributed by atoms with Crippen molar-refractivity contribution in [1.82, 2.24) is 9.55 Å². The number of nitrogens with one attached hydrogen (secondary N) is 1. The second kappa shape index (κ2) is 4.52. The Balaban J connectivity index is 2.37. The van der Waals surface area contributed by atoms with Crippen LogP contribution in [0.25, 0.3) is 5.69 Å². The Bertz CT molecular complexity index is 618. The van der Waals surface area contributed by atoms with Gasteiger partial charge in [-0.3, -0.25) is 4.57 Å². The van der Waals surface area contributed by atoms with Crippen LogP contribution in [0.3, 0.4) is 0 Å². The fraction of sp³-hybridized carbons (Fsp3) is 0.100. The van der Waals surface area contributed by atoms with E-state index in [0.717, 1.165) is 6.07 Å². The summed E-state index contributed by atoms with van der Waals surface area (Å²) in [5.41, 5.74) is 0.0361. The molecule has 1 aromatic carbocycles. The second-order valence-electron chi connectivity index (χ2n) is 3.30. The lowest BCUT2D eigenvalue weighted by molar-refractivity contribution is -0.274. The molecule has 0 saturated carbocycles. The number of hydrogen-bond acceptors (Lipinski definition) is 2. The summed E-state index contributed by atoms with van der Waals surface area (Å²) in [5.74, 6) is -0.366. The van der Waals surface area contributed by atoms with Gasteiger partial charge in [0, 0.05) is 12.4 Å². The highest BCUT2D eigenvalue weighted by molar-refractivity contribution is 9.10. The Labute approximate surface area is 107 Å². The highest BCUT2D eigenvalue weighted by Gasteiger charge is 2.31. The molecule has 0 amide bonds. The van der Waals surface area contributed by atoms with Crippen molar-refractivity contribution in [3.05, 3.63) is 45.5 Å². The number of halogens is 4. The van der Waals surface area contributed by atoms with Crippen LogP contribution >= 0.6 is 15.9 Å². The zero-order chi connectivity index (χ0) is 13.3. The standard InChI is InChI=1S/C10H6BrF3N2O2/c11-7-5-6(16-4-3-15-9(16)17)1-2-8(7)18-10(12,13)14/h1-5H,(H,15,17). The molecule has 1 heterocycles. The Morgan fingerprint density at radius 3 is 2.56 bits per heavy atom. The molecule has 0 radical (unpaired) electrons. The molecule has 18 heavy (non-hydrogen) atoms. The zero-order valence-electron chi connectivity index (χ0n) is 8.66. The predicted octanol–water partition coefficient (Wildman–Crippen LogP) is 2.83. The molecule has 0 fully saturated rings. The number of alkyl halides is 3. The fourth-order valence-electron chi connectivity index (χ4n) is 1.37. The molecule has 0 aliphatic rings. The van der Waals surface area contributed by atoms with Gasteiger partial charge in [0.1, 0.15) is 5.75 Å². The van der Waals surface area contributed by atoms with E-state index in [1.807, 2.05) is 0 Å². The topological polar surface area (TPSA) is 47.0 Å².